The van der Waals surface area contributed by atoms with E-state index in [2.05, 4.69) is 0 Å². The van der Waals surface area contributed by atoms with E-state index in [1.54, 1.807) is 40.8 Å². The van der Waals surface area contributed by atoms with Gasteiger partial charge in [0.05, 0.1) is 10.9 Å². The molecule has 112 valence electrons. The Balaban J connectivity index is 2.01. The van der Waals surface area contributed by atoms with Gasteiger partial charge in [0.2, 0.25) is 10.0 Å². The average molecular weight is 322 g/mol. The number of nitrogens with zero attached hydrogens (tertiary/aromatic N) is 1. The van der Waals surface area contributed by atoms with Gasteiger partial charge in [0, 0.05) is 12.2 Å². The fraction of sp³-hybridized carbons (Fsp3) is 0.333. The molecule has 3 rings (SSSR count). The van der Waals surface area contributed by atoms with Crippen LogP contribution in [-0.4, -0.2) is 19.3 Å². The van der Waals surface area contributed by atoms with E-state index in [0.717, 1.165) is 18.4 Å². The van der Waals surface area contributed by atoms with E-state index in [-0.39, 0.29) is 6.04 Å². The second-order valence-electron chi connectivity index (χ2n) is 5.36. The molecule has 21 heavy (non-hydrogen) atoms. The summed E-state index contributed by atoms with van der Waals surface area (Å²) in [5.74, 6) is 0. The number of nitrogen functional groups attached to an aromatic ring is 1. The van der Waals surface area contributed by atoms with Gasteiger partial charge in [-0.3, -0.25) is 0 Å². The van der Waals surface area contributed by atoms with Crippen molar-refractivity contribution in [2.24, 2.45) is 0 Å². The molecular weight excluding hydrogens is 304 g/mol. The Morgan fingerprint density at radius 2 is 2.14 bits per heavy atom. The van der Waals surface area contributed by atoms with Gasteiger partial charge < -0.3 is 5.73 Å². The van der Waals surface area contributed by atoms with Crippen LogP contribution < -0.4 is 5.73 Å². The Kier molecular flexibility index (Phi) is 3.77. The van der Waals surface area contributed by atoms with Gasteiger partial charge in [-0.25, -0.2) is 8.42 Å². The summed E-state index contributed by atoms with van der Waals surface area (Å²) in [6.07, 6.45) is 1.78. The maximum absolute atomic E-state index is 13.0. The smallest absolute Gasteiger partial charge is 0.243 e. The minimum Gasteiger partial charge on any atom is -0.399 e. The van der Waals surface area contributed by atoms with Crippen molar-refractivity contribution in [1.82, 2.24) is 4.31 Å². The number of anilines is 1. The number of rotatable bonds is 3. The molecule has 1 aliphatic rings. The van der Waals surface area contributed by atoms with Crippen LogP contribution in [0.1, 0.15) is 30.0 Å². The summed E-state index contributed by atoms with van der Waals surface area (Å²) in [5, 5.41) is 4.03. The minimum absolute atomic E-state index is 0.0433. The van der Waals surface area contributed by atoms with Gasteiger partial charge in [-0.15, -0.1) is 0 Å². The predicted molar refractivity (Wildman–Crippen MR) is 85.8 cm³/mol. The van der Waals surface area contributed by atoms with Crippen LogP contribution in [0.15, 0.2) is 39.9 Å². The third kappa shape index (κ3) is 2.59. The van der Waals surface area contributed by atoms with Gasteiger partial charge in [0.15, 0.2) is 0 Å². The van der Waals surface area contributed by atoms with E-state index in [9.17, 15) is 8.42 Å². The highest BCUT2D eigenvalue weighted by atomic mass is 32.2. The second-order valence-corrected chi connectivity index (χ2v) is 7.99. The van der Waals surface area contributed by atoms with Crippen LogP contribution in [0.25, 0.3) is 0 Å². The van der Waals surface area contributed by atoms with Crippen molar-refractivity contribution in [2.45, 2.75) is 30.7 Å². The lowest BCUT2D eigenvalue weighted by Crippen LogP contribution is -2.31. The van der Waals surface area contributed by atoms with E-state index in [0.29, 0.717) is 22.7 Å². The van der Waals surface area contributed by atoms with E-state index in [1.807, 2.05) is 16.8 Å². The van der Waals surface area contributed by atoms with Crippen molar-refractivity contribution in [2.75, 3.05) is 12.3 Å². The van der Waals surface area contributed by atoms with Gasteiger partial charge in [-0.1, -0.05) is 0 Å². The van der Waals surface area contributed by atoms with Crippen LogP contribution in [0, 0.1) is 6.92 Å². The quantitative estimate of drug-likeness (QED) is 0.883. The van der Waals surface area contributed by atoms with Crippen LogP contribution >= 0.6 is 11.3 Å². The molecule has 0 radical (unpaired) electrons. The highest BCUT2D eigenvalue weighted by Crippen LogP contribution is 2.38. The molecule has 2 aromatic rings. The lowest BCUT2D eigenvalue weighted by atomic mass is 10.1. The first-order valence-electron chi connectivity index (χ1n) is 6.90. The molecule has 0 amide bonds. The Labute approximate surface area is 129 Å². The lowest BCUT2D eigenvalue weighted by molar-refractivity contribution is 0.397. The maximum Gasteiger partial charge on any atom is 0.243 e. The Bertz CT molecular complexity index is 739. The molecule has 1 saturated heterocycles. The van der Waals surface area contributed by atoms with Crippen molar-refractivity contribution in [3.63, 3.8) is 0 Å². The summed E-state index contributed by atoms with van der Waals surface area (Å²) in [7, 11) is -3.48. The molecule has 0 spiro atoms. The minimum atomic E-state index is -3.48. The summed E-state index contributed by atoms with van der Waals surface area (Å²) in [6, 6.07) is 6.94. The van der Waals surface area contributed by atoms with Gasteiger partial charge in [0.1, 0.15) is 0 Å². The molecule has 4 nitrogen and oxygen atoms in total. The monoisotopic (exact) mass is 322 g/mol. The van der Waals surface area contributed by atoms with E-state index >= 15 is 0 Å². The third-order valence-corrected chi connectivity index (χ3v) is 6.69. The van der Waals surface area contributed by atoms with Gasteiger partial charge in [0.25, 0.3) is 0 Å². The lowest BCUT2D eigenvalue weighted by Gasteiger charge is -2.24. The number of nitrogens with two attached hydrogens (primary N) is 1. The number of sulfonamides is 1. The zero-order valence-electron chi connectivity index (χ0n) is 11.8. The molecule has 0 aliphatic carbocycles. The number of aryl methyl sites for hydroxylation is 1. The molecule has 2 heterocycles. The molecule has 1 aliphatic heterocycles. The van der Waals surface area contributed by atoms with Crippen molar-refractivity contribution >= 4 is 27.0 Å². The summed E-state index contributed by atoms with van der Waals surface area (Å²) in [6.45, 7) is 2.37. The standard InChI is InChI=1S/C15H18N2O2S2/c1-11-9-13(16)4-5-15(11)21(18,19)17-7-2-3-14(17)12-6-8-20-10-12/h4-6,8-10,14H,2-3,7,16H2,1H3. The van der Waals surface area contributed by atoms with Crippen molar-refractivity contribution < 1.29 is 8.42 Å². The van der Waals surface area contributed by atoms with Crippen LogP contribution in [-0.2, 0) is 10.0 Å². The second kappa shape index (κ2) is 5.44. The van der Waals surface area contributed by atoms with E-state index in [1.165, 1.54) is 0 Å². The Morgan fingerprint density at radius 3 is 2.81 bits per heavy atom. The number of benzene rings is 1. The van der Waals surface area contributed by atoms with Crippen LogP contribution in [0.5, 0.6) is 0 Å². The topological polar surface area (TPSA) is 63.4 Å². The van der Waals surface area contributed by atoms with Crippen LogP contribution in [0.3, 0.4) is 0 Å². The molecule has 1 aromatic heterocycles. The predicted octanol–water partition coefficient (Wildman–Crippen LogP) is 3.16. The molecule has 6 heteroatoms. The molecule has 1 unspecified atom stereocenters. The molecule has 2 N–H and O–H groups in total. The SMILES string of the molecule is Cc1cc(N)ccc1S(=O)(=O)N1CCCC1c1ccsc1. The fourth-order valence-electron chi connectivity index (χ4n) is 2.91. The first-order chi connectivity index (χ1) is 10.00. The van der Waals surface area contributed by atoms with Gasteiger partial charge in [-0.05, 0) is 65.9 Å². The van der Waals surface area contributed by atoms with Crippen molar-refractivity contribution in [3.05, 3.63) is 46.2 Å². The number of hydrogen-bond donors (Lipinski definition) is 1. The molecule has 1 atom stereocenters. The zero-order chi connectivity index (χ0) is 15.0. The molecule has 0 bridgehead atoms. The summed E-state index contributed by atoms with van der Waals surface area (Å²) in [5.41, 5.74) is 8.10. The molecule has 1 fully saturated rings. The molecule has 0 saturated carbocycles. The largest absolute Gasteiger partial charge is 0.399 e. The van der Waals surface area contributed by atoms with Crippen LogP contribution in [0.2, 0.25) is 0 Å². The van der Waals surface area contributed by atoms with Crippen molar-refractivity contribution in [3.8, 4) is 0 Å². The van der Waals surface area contributed by atoms with E-state index in [4.69, 9.17) is 5.73 Å². The first-order valence-corrected chi connectivity index (χ1v) is 9.28. The number of hydrogen-bond acceptors (Lipinski definition) is 4. The van der Waals surface area contributed by atoms with Gasteiger partial charge >= 0.3 is 0 Å². The Hall–Kier alpha value is -1.37. The third-order valence-electron chi connectivity index (χ3n) is 3.92. The fourth-order valence-corrected chi connectivity index (χ4v) is 5.51. The Morgan fingerprint density at radius 1 is 1.33 bits per heavy atom. The first kappa shape index (κ1) is 14.6. The zero-order valence-corrected chi connectivity index (χ0v) is 13.5. The van der Waals surface area contributed by atoms with E-state index < -0.39 is 10.0 Å². The molecule has 1 aromatic carbocycles. The normalized spacial score (nSPS) is 20.0. The summed E-state index contributed by atoms with van der Waals surface area (Å²) < 4.78 is 27.6. The number of thiophene rings is 1. The molecular formula is C15H18N2O2S2. The summed E-state index contributed by atoms with van der Waals surface area (Å²) in [4.78, 5) is 0.360. The average Bonchev–Trinajstić information content (AvgIpc) is 3.09. The summed E-state index contributed by atoms with van der Waals surface area (Å²) >= 11 is 1.60. The highest BCUT2D eigenvalue weighted by molar-refractivity contribution is 7.89. The maximum atomic E-state index is 13.0. The highest BCUT2D eigenvalue weighted by Gasteiger charge is 2.36. The van der Waals surface area contributed by atoms with Gasteiger partial charge in [-0.2, -0.15) is 15.6 Å². The van der Waals surface area contributed by atoms with Crippen molar-refractivity contribution in [1.29, 1.82) is 0 Å². The van der Waals surface area contributed by atoms with Crippen LogP contribution in [0.4, 0.5) is 5.69 Å².